The van der Waals surface area contributed by atoms with Crippen molar-refractivity contribution in [1.82, 2.24) is 10.0 Å². The standard InChI is InChI=1S/C13H20N2O3S/c1-5-6-11(4)15-19(16,17)13-8-7-12(18-13)9-14-10(2)3/h1,7-8,10-11,14-15H,6,9H2,2-4H3. The molecule has 1 aromatic heterocycles. The average Bonchev–Trinajstić information content (AvgIpc) is 2.75. The van der Waals surface area contributed by atoms with Crippen LogP contribution in [0.2, 0.25) is 0 Å². The number of hydrogen-bond donors (Lipinski definition) is 2. The first-order valence-electron chi connectivity index (χ1n) is 6.13. The van der Waals surface area contributed by atoms with Gasteiger partial charge in [0.25, 0.3) is 10.0 Å². The molecule has 6 heteroatoms. The largest absolute Gasteiger partial charge is 0.447 e. The summed E-state index contributed by atoms with van der Waals surface area (Å²) in [5.41, 5.74) is 0. The van der Waals surface area contributed by atoms with Crippen LogP contribution >= 0.6 is 0 Å². The highest BCUT2D eigenvalue weighted by atomic mass is 32.2. The van der Waals surface area contributed by atoms with Crippen LogP contribution in [0.3, 0.4) is 0 Å². The zero-order valence-corrected chi connectivity index (χ0v) is 12.3. The van der Waals surface area contributed by atoms with Crippen LogP contribution in [0.25, 0.3) is 0 Å². The summed E-state index contributed by atoms with van der Waals surface area (Å²) in [6, 6.07) is 3.08. The van der Waals surface area contributed by atoms with Gasteiger partial charge in [0.05, 0.1) is 6.54 Å². The van der Waals surface area contributed by atoms with Crippen molar-refractivity contribution in [2.75, 3.05) is 0 Å². The number of terminal acetylenes is 1. The molecule has 0 bridgehead atoms. The van der Waals surface area contributed by atoms with E-state index in [1.54, 1.807) is 13.0 Å². The van der Waals surface area contributed by atoms with Gasteiger partial charge in [-0.2, -0.15) is 0 Å². The molecule has 1 heterocycles. The third-order valence-corrected chi connectivity index (χ3v) is 3.83. The minimum absolute atomic E-state index is 0.0862. The molecule has 1 aromatic rings. The molecule has 0 spiro atoms. The first-order valence-corrected chi connectivity index (χ1v) is 7.61. The van der Waals surface area contributed by atoms with Gasteiger partial charge < -0.3 is 9.73 Å². The zero-order chi connectivity index (χ0) is 14.5. The third kappa shape index (κ3) is 5.07. The highest BCUT2D eigenvalue weighted by Crippen LogP contribution is 2.14. The number of hydrogen-bond acceptors (Lipinski definition) is 4. The van der Waals surface area contributed by atoms with Gasteiger partial charge in [-0.15, -0.1) is 12.3 Å². The van der Waals surface area contributed by atoms with Crippen LogP contribution in [0.1, 0.15) is 33.0 Å². The van der Waals surface area contributed by atoms with E-state index in [4.69, 9.17) is 10.8 Å². The van der Waals surface area contributed by atoms with Crippen molar-refractivity contribution in [3.63, 3.8) is 0 Å². The number of furan rings is 1. The second kappa shape index (κ2) is 6.75. The summed E-state index contributed by atoms with van der Waals surface area (Å²) >= 11 is 0. The molecule has 0 saturated heterocycles. The molecule has 0 saturated carbocycles. The second-order valence-corrected chi connectivity index (χ2v) is 6.33. The van der Waals surface area contributed by atoms with E-state index in [0.717, 1.165) is 0 Å². The topological polar surface area (TPSA) is 71.3 Å². The summed E-state index contributed by atoms with van der Waals surface area (Å²) in [6.07, 6.45) is 5.48. The van der Waals surface area contributed by atoms with Crippen molar-refractivity contribution in [1.29, 1.82) is 0 Å². The second-order valence-electron chi connectivity index (χ2n) is 4.69. The summed E-state index contributed by atoms with van der Waals surface area (Å²) in [5.74, 6) is 2.99. The van der Waals surface area contributed by atoms with Crippen LogP contribution in [0, 0.1) is 12.3 Å². The van der Waals surface area contributed by atoms with E-state index in [9.17, 15) is 8.42 Å². The Hall–Kier alpha value is -1.29. The third-order valence-electron chi connectivity index (χ3n) is 2.37. The van der Waals surface area contributed by atoms with Crippen LogP contribution in [0.15, 0.2) is 21.6 Å². The molecule has 5 nitrogen and oxygen atoms in total. The average molecular weight is 284 g/mol. The smallest absolute Gasteiger partial charge is 0.274 e. The van der Waals surface area contributed by atoms with Crippen molar-refractivity contribution in [3.8, 4) is 12.3 Å². The normalized spacial score (nSPS) is 13.4. The van der Waals surface area contributed by atoms with E-state index in [-0.39, 0.29) is 11.1 Å². The van der Waals surface area contributed by atoms with Crippen molar-refractivity contribution in [2.45, 2.75) is 50.9 Å². The van der Waals surface area contributed by atoms with Crippen molar-refractivity contribution < 1.29 is 12.8 Å². The van der Waals surface area contributed by atoms with Gasteiger partial charge in [0.2, 0.25) is 5.09 Å². The minimum atomic E-state index is -3.64. The predicted molar refractivity (Wildman–Crippen MR) is 73.9 cm³/mol. The Kier molecular flexibility index (Phi) is 5.60. The first kappa shape index (κ1) is 15.8. The van der Waals surface area contributed by atoms with Crippen LogP contribution in [0.5, 0.6) is 0 Å². The fourth-order valence-corrected chi connectivity index (χ4v) is 2.64. The minimum Gasteiger partial charge on any atom is -0.447 e. The SMILES string of the molecule is C#CCC(C)NS(=O)(=O)c1ccc(CNC(C)C)o1. The van der Waals surface area contributed by atoms with E-state index < -0.39 is 10.0 Å². The molecule has 0 radical (unpaired) electrons. The maximum atomic E-state index is 12.0. The van der Waals surface area contributed by atoms with Gasteiger partial charge in [0.1, 0.15) is 5.76 Å². The zero-order valence-electron chi connectivity index (χ0n) is 11.4. The molecule has 19 heavy (non-hydrogen) atoms. The number of nitrogens with one attached hydrogen (secondary N) is 2. The lowest BCUT2D eigenvalue weighted by atomic mass is 10.3. The van der Waals surface area contributed by atoms with Crippen molar-refractivity contribution in [2.24, 2.45) is 0 Å². The summed E-state index contributed by atoms with van der Waals surface area (Å²) in [7, 11) is -3.64. The fraction of sp³-hybridized carbons (Fsp3) is 0.538. The molecule has 0 aliphatic rings. The Morgan fingerprint density at radius 3 is 2.63 bits per heavy atom. The summed E-state index contributed by atoms with van der Waals surface area (Å²) in [4.78, 5) is 0. The Labute approximate surface area is 114 Å². The van der Waals surface area contributed by atoms with Crippen molar-refractivity contribution in [3.05, 3.63) is 17.9 Å². The quantitative estimate of drug-likeness (QED) is 0.744. The van der Waals surface area contributed by atoms with Crippen LogP contribution < -0.4 is 10.0 Å². The van der Waals surface area contributed by atoms with Gasteiger partial charge in [-0.3, -0.25) is 0 Å². The van der Waals surface area contributed by atoms with E-state index in [1.807, 2.05) is 13.8 Å². The summed E-state index contributed by atoms with van der Waals surface area (Å²) in [5, 5.41) is 3.07. The Balaban J connectivity index is 2.72. The number of rotatable bonds is 7. The molecule has 1 rings (SSSR count). The van der Waals surface area contributed by atoms with Gasteiger partial charge in [-0.1, -0.05) is 13.8 Å². The molecule has 1 atom stereocenters. The molecule has 2 N–H and O–H groups in total. The van der Waals surface area contributed by atoms with Crippen LogP contribution in [-0.2, 0) is 16.6 Å². The highest BCUT2D eigenvalue weighted by molar-refractivity contribution is 7.89. The Bertz CT molecular complexity index is 540. The molecule has 106 valence electrons. The van der Waals surface area contributed by atoms with Gasteiger partial charge in [-0.05, 0) is 19.1 Å². The van der Waals surface area contributed by atoms with Gasteiger partial charge >= 0.3 is 0 Å². The lowest BCUT2D eigenvalue weighted by molar-refractivity contribution is 0.392. The van der Waals surface area contributed by atoms with E-state index in [1.165, 1.54) is 6.07 Å². The molecule has 0 aromatic carbocycles. The Morgan fingerprint density at radius 2 is 2.05 bits per heavy atom. The van der Waals surface area contributed by atoms with Crippen LogP contribution in [-0.4, -0.2) is 20.5 Å². The van der Waals surface area contributed by atoms with Crippen molar-refractivity contribution >= 4 is 10.0 Å². The molecule has 0 aliphatic heterocycles. The van der Waals surface area contributed by atoms with E-state index in [2.05, 4.69) is 16.0 Å². The number of sulfonamides is 1. The van der Waals surface area contributed by atoms with E-state index >= 15 is 0 Å². The molecule has 1 unspecified atom stereocenters. The van der Waals surface area contributed by atoms with Crippen LogP contribution in [0.4, 0.5) is 0 Å². The lowest BCUT2D eigenvalue weighted by Crippen LogP contribution is -2.32. The molecular weight excluding hydrogens is 264 g/mol. The fourth-order valence-electron chi connectivity index (χ4n) is 1.44. The van der Waals surface area contributed by atoms with E-state index in [0.29, 0.717) is 24.8 Å². The summed E-state index contributed by atoms with van der Waals surface area (Å²) < 4.78 is 31.7. The monoisotopic (exact) mass is 284 g/mol. The Morgan fingerprint density at radius 1 is 1.37 bits per heavy atom. The highest BCUT2D eigenvalue weighted by Gasteiger charge is 2.20. The van der Waals surface area contributed by atoms with Gasteiger partial charge in [0, 0.05) is 18.5 Å². The molecule has 0 amide bonds. The van der Waals surface area contributed by atoms with Gasteiger partial charge in [-0.25, -0.2) is 13.1 Å². The molecule has 0 fully saturated rings. The molecular formula is C13H20N2O3S. The maximum absolute atomic E-state index is 12.0. The maximum Gasteiger partial charge on any atom is 0.274 e. The molecule has 0 aliphatic carbocycles. The summed E-state index contributed by atoms with van der Waals surface area (Å²) in [6.45, 7) is 6.21. The predicted octanol–water partition coefficient (Wildman–Crippen LogP) is 1.47. The first-order chi connectivity index (χ1) is 8.85. The lowest BCUT2D eigenvalue weighted by Gasteiger charge is -2.09. The van der Waals surface area contributed by atoms with Gasteiger partial charge in [0.15, 0.2) is 0 Å².